The average molecular weight is 344 g/mol. The van der Waals surface area contributed by atoms with Gasteiger partial charge in [-0.3, -0.25) is 4.90 Å². The van der Waals surface area contributed by atoms with E-state index in [0.717, 1.165) is 41.0 Å². The number of benzene rings is 1. The number of rotatable bonds is 4. The van der Waals surface area contributed by atoms with Crippen molar-refractivity contribution in [3.63, 3.8) is 0 Å². The molecule has 0 radical (unpaired) electrons. The Morgan fingerprint density at radius 2 is 2.00 bits per heavy atom. The summed E-state index contributed by atoms with van der Waals surface area (Å²) in [6, 6.07) is 3.92. The summed E-state index contributed by atoms with van der Waals surface area (Å²) < 4.78 is 11.7. The first kappa shape index (κ1) is 15.6. The third kappa shape index (κ3) is 3.45. The van der Waals surface area contributed by atoms with Crippen molar-refractivity contribution in [1.29, 1.82) is 0 Å². The SMILES string of the molecule is COc1cc(CN2CCC(C)C(O)C2)c(OC)cc1Br. The molecule has 1 fully saturated rings. The van der Waals surface area contributed by atoms with Gasteiger partial charge in [0.2, 0.25) is 0 Å². The van der Waals surface area contributed by atoms with Crippen LogP contribution in [-0.2, 0) is 6.54 Å². The van der Waals surface area contributed by atoms with Crippen molar-refractivity contribution in [3.8, 4) is 11.5 Å². The number of β-amino-alcohol motifs (C(OH)–C–C–N with tert-alkyl or cyclic N) is 1. The molecule has 1 saturated heterocycles. The molecule has 112 valence electrons. The van der Waals surface area contributed by atoms with Crippen LogP contribution in [0.3, 0.4) is 0 Å². The van der Waals surface area contributed by atoms with Crippen LogP contribution in [0.25, 0.3) is 0 Å². The zero-order valence-electron chi connectivity index (χ0n) is 12.2. The van der Waals surface area contributed by atoms with E-state index < -0.39 is 0 Å². The summed E-state index contributed by atoms with van der Waals surface area (Å²) in [5.74, 6) is 2.02. The van der Waals surface area contributed by atoms with E-state index in [9.17, 15) is 5.11 Å². The Morgan fingerprint density at radius 3 is 2.60 bits per heavy atom. The number of aliphatic hydroxyl groups excluding tert-OH is 1. The fraction of sp³-hybridized carbons (Fsp3) is 0.600. The lowest BCUT2D eigenvalue weighted by molar-refractivity contribution is 0.0256. The highest BCUT2D eigenvalue weighted by Crippen LogP contribution is 2.34. The first-order valence-corrected chi connectivity index (χ1v) is 7.65. The number of ether oxygens (including phenoxy) is 2. The van der Waals surface area contributed by atoms with Crippen LogP contribution in [0.5, 0.6) is 11.5 Å². The number of likely N-dealkylation sites (tertiary alicyclic amines) is 1. The number of piperidine rings is 1. The van der Waals surface area contributed by atoms with Gasteiger partial charge in [-0.1, -0.05) is 6.92 Å². The molecule has 0 bridgehead atoms. The summed E-state index contributed by atoms with van der Waals surface area (Å²) in [7, 11) is 3.33. The molecule has 2 unspecified atom stereocenters. The summed E-state index contributed by atoms with van der Waals surface area (Å²) in [6.45, 7) is 4.57. The van der Waals surface area contributed by atoms with Gasteiger partial charge in [0.05, 0.1) is 24.8 Å². The number of hydrogen-bond donors (Lipinski definition) is 1. The molecule has 0 amide bonds. The van der Waals surface area contributed by atoms with Crippen molar-refractivity contribution in [3.05, 3.63) is 22.2 Å². The third-order valence-corrected chi connectivity index (χ3v) is 4.57. The highest BCUT2D eigenvalue weighted by Gasteiger charge is 2.25. The second-order valence-corrected chi connectivity index (χ2v) is 6.22. The second kappa shape index (κ2) is 6.78. The summed E-state index contributed by atoms with van der Waals surface area (Å²) in [5, 5.41) is 9.99. The minimum atomic E-state index is -0.243. The number of aliphatic hydroxyl groups is 1. The molecule has 1 N–H and O–H groups in total. The third-order valence-electron chi connectivity index (χ3n) is 3.95. The van der Waals surface area contributed by atoms with Gasteiger partial charge in [0.25, 0.3) is 0 Å². The van der Waals surface area contributed by atoms with Crippen molar-refractivity contribution >= 4 is 15.9 Å². The van der Waals surface area contributed by atoms with Crippen LogP contribution in [0, 0.1) is 5.92 Å². The van der Waals surface area contributed by atoms with E-state index in [2.05, 4.69) is 27.8 Å². The van der Waals surface area contributed by atoms with Crippen molar-refractivity contribution in [2.75, 3.05) is 27.3 Å². The smallest absolute Gasteiger partial charge is 0.133 e. The lowest BCUT2D eigenvalue weighted by Crippen LogP contribution is -2.42. The van der Waals surface area contributed by atoms with E-state index in [4.69, 9.17) is 9.47 Å². The minimum Gasteiger partial charge on any atom is -0.496 e. The van der Waals surface area contributed by atoms with E-state index in [1.807, 2.05) is 12.1 Å². The highest BCUT2D eigenvalue weighted by atomic mass is 79.9. The van der Waals surface area contributed by atoms with E-state index in [0.29, 0.717) is 12.5 Å². The molecular weight excluding hydrogens is 322 g/mol. The number of hydrogen-bond acceptors (Lipinski definition) is 4. The molecular formula is C15H22BrNO3. The van der Waals surface area contributed by atoms with Gasteiger partial charge >= 0.3 is 0 Å². The van der Waals surface area contributed by atoms with E-state index in [-0.39, 0.29) is 6.10 Å². The predicted molar refractivity (Wildman–Crippen MR) is 82.3 cm³/mol. The Kier molecular flexibility index (Phi) is 5.29. The molecule has 1 heterocycles. The molecule has 0 aromatic heterocycles. The van der Waals surface area contributed by atoms with Crippen molar-refractivity contribution in [2.24, 2.45) is 5.92 Å². The summed E-state index contributed by atoms with van der Waals surface area (Å²) in [6.07, 6.45) is 0.782. The van der Waals surface area contributed by atoms with Gasteiger partial charge in [0, 0.05) is 18.7 Å². The number of halogens is 1. The van der Waals surface area contributed by atoms with E-state index in [1.165, 1.54) is 0 Å². The Hall–Kier alpha value is -0.780. The Balaban J connectivity index is 2.16. The molecule has 1 aliphatic rings. The second-order valence-electron chi connectivity index (χ2n) is 5.37. The van der Waals surface area contributed by atoms with Gasteiger partial charge in [-0.25, -0.2) is 0 Å². The molecule has 4 nitrogen and oxygen atoms in total. The highest BCUT2D eigenvalue weighted by molar-refractivity contribution is 9.10. The van der Waals surface area contributed by atoms with Gasteiger partial charge in [-0.15, -0.1) is 0 Å². The molecule has 2 rings (SSSR count). The number of methoxy groups -OCH3 is 2. The molecule has 1 aromatic carbocycles. The Labute approximate surface area is 128 Å². The lowest BCUT2D eigenvalue weighted by atomic mass is 9.95. The van der Waals surface area contributed by atoms with Crippen molar-refractivity contribution in [1.82, 2.24) is 4.90 Å². The summed E-state index contributed by atoms with van der Waals surface area (Å²) in [4.78, 5) is 2.26. The molecule has 1 aromatic rings. The van der Waals surface area contributed by atoms with Crippen molar-refractivity contribution in [2.45, 2.75) is 26.0 Å². The molecule has 20 heavy (non-hydrogen) atoms. The van der Waals surface area contributed by atoms with Crippen LogP contribution < -0.4 is 9.47 Å². The van der Waals surface area contributed by atoms with Crippen LogP contribution in [0.2, 0.25) is 0 Å². The van der Waals surface area contributed by atoms with Crippen LogP contribution in [0.4, 0.5) is 0 Å². The minimum absolute atomic E-state index is 0.243. The Morgan fingerprint density at radius 1 is 1.30 bits per heavy atom. The van der Waals surface area contributed by atoms with Crippen LogP contribution in [-0.4, -0.2) is 43.4 Å². The van der Waals surface area contributed by atoms with Crippen molar-refractivity contribution < 1.29 is 14.6 Å². The van der Waals surface area contributed by atoms with Gasteiger partial charge in [-0.05, 0) is 46.9 Å². The fourth-order valence-electron chi connectivity index (χ4n) is 2.55. The van der Waals surface area contributed by atoms with Gasteiger partial charge < -0.3 is 14.6 Å². The molecule has 0 spiro atoms. The van der Waals surface area contributed by atoms with Gasteiger partial charge in [0.1, 0.15) is 11.5 Å². The maximum absolute atomic E-state index is 9.99. The van der Waals surface area contributed by atoms with Crippen LogP contribution in [0.15, 0.2) is 16.6 Å². The van der Waals surface area contributed by atoms with Gasteiger partial charge in [-0.2, -0.15) is 0 Å². The average Bonchev–Trinajstić information content (AvgIpc) is 2.44. The molecule has 5 heteroatoms. The molecule has 1 aliphatic heterocycles. The topological polar surface area (TPSA) is 41.9 Å². The summed E-state index contributed by atoms with van der Waals surface area (Å²) in [5.41, 5.74) is 1.08. The van der Waals surface area contributed by atoms with Crippen LogP contribution in [0.1, 0.15) is 18.9 Å². The lowest BCUT2D eigenvalue weighted by Gasteiger charge is -2.34. The standard InChI is InChI=1S/C15H22BrNO3/c1-10-4-5-17(9-13(10)18)8-11-6-15(20-3)12(16)7-14(11)19-2/h6-7,10,13,18H,4-5,8-9H2,1-3H3. The summed E-state index contributed by atoms with van der Waals surface area (Å²) >= 11 is 3.47. The zero-order valence-corrected chi connectivity index (χ0v) is 13.8. The molecule has 2 atom stereocenters. The number of nitrogens with zero attached hydrogens (tertiary/aromatic N) is 1. The van der Waals surface area contributed by atoms with E-state index >= 15 is 0 Å². The fourth-order valence-corrected chi connectivity index (χ4v) is 3.03. The Bertz CT molecular complexity index is 467. The monoisotopic (exact) mass is 343 g/mol. The first-order chi connectivity index (χ1) is 9.55. The van der Waals surface area contributed by atoms with E-state index in [1.54, 1.807) is 14.2 Å². The normalized spacial score (nSPS) is 23.6. The van der Waals surface area contributed by atoms with Crippen LogP contribution >= 0.6 is 15.9 Å². The largest absolute Gasteiger partial charge is 0.496 e. The zero-order chi connectivity index (χ0) is 14.7. The van der Waals surface area contributed by atoms with Gasteiger partial charge in [0.15, 0.2) is 0 Å². The first-order valence-electron chi connectivity index (χ1n) is 6.86. The maximum atomic E-state index is 9.99. The maximum Gasteiger partial charge on any atom is 0.133 e. The predicted octanol–water partition coefficient (Wildman–Crippen LogP) is 2.67. The quantitative estimate of drug-likeness (QED) is 0.912. The molecule has 0 saturated carbocycles. The molecule has 0 aliphatic carbocycles.